The Hall–Kier alpha value is -1.30. The lowest BCUT2D eigenvalue weighted by Gasteiger charge is -2.53. The van der Waals surface area contributed by atoms with Crippen LogP contribution in [0.3, 0.4) is 0 Å². The Kier molecular flexibility index (Phi) is 3.19. The summed E-state index contributed by atoms with van der Waals surface area (Å²) in [6, 6.07) is 4.16. The highest BCUT2D eigenvalue weighted by Crippen LogP contribution is 2.64. The van der Waals surface area contributed by atoms with Gasteiger partial charge in [0.25, 0.3) is 0 Å². The van der Waals surface area contributed by atoms with E-state index in [1.54, 1.807) is 7.11 Å². The Labute approximate surface area is 141 Å². The van der Waals surface area contributed by atoms with Gasteiger partial charge in [0.15, 0.2) is 17.6 Å². The molecule has 1 saturated heterocycles. The van der Waals surface area contributed by atoms with Gasteiger partial charge in [0, 0.05) is 24.0 Å². The summed E-state index contributed by atoms with van der Waals surface area (Å²) in [5.41, 5.74) is 2.35. The number of aliphatic hydroxyl groups is 1. The average molecular weight is 332 g/mol. The summed E-state index contributed by atoms with van der Waals surface area (Å²) in [5.74, 6) is 1.44. The van der Waals surface area contributed by atoms with E-state index in [1.165, 1.54) is 11.1 Å². The third-order valence-electron chi connectivity index (χ3n) is 6.63. The number of aryl methyl sites for hydroxylation is 1. The molecule has 130 valence electrons. The molecule has 24 heavy (non-hydrogen) atoms. The quantitative estimate of drug-likeness (QED) is 0.919. The van der Waals surface area contributed by atoms with Crippen molar-refractivity contribution < 1.29 is 24.1 Å². The van der Waals surface area contributed by atoms with E-state index in [-0.39, 0.29) is 18.1 Å². The minimum Gasteiger partial charge on any atom is -0.493 e. The maximum absolute atomic E-state index is 9.91. The smallest absolute Gasteiger partial charge is 0.206 e. The van der Waals surface area contributed by atoms with E-state index in [4.69, 9.17) is 18.9 Å². The molecule has 1 aromatic carbocycles. The SMILES string of the molecule is COc1ccc2c3c1O[C@H]1C4(CC[C@@H](CC2)[C@@]31CCO)OCCO4. The van der Waals surface area contributed by atoms with Crippen LogP contribution in [0.4, 0.5) is 0 Å². The number of methoxy groups -OCH3 is 1. The van der Waals surface area contributed by atoms with Crippen molar-refractivity contribution in [1.29, 1.82) is 0 Å². The number of aliphatic hydroxyl groups excluding tert-OH is 1. The number of fused-ring (bicyclic) bond motifs is 1. The van der Waals surface area contributed by atoms with Gasteiger partial charge in [-0.1, -0.05) is 6.07 Å². The van der Waals surface area contributed by atoms with Crippen LogP contribution in [-0.4, -0.2) is 43.9 Å². The van der Waals surface area contributed by atoms with Crippen molar-refractivity contribution in [3.63, 3.8) is 0 Å². The Morgan fingerprint density at radius 1 is 1.25 bits per heavy atom. The van der Waals surface area contributed by atoms with E-state index < -0.39 is 5.79 Å². The number of hydrogen-bond donors (Lipinski definition) is 1. The normalized spacial score (nSPS) is 34.9. The van der Waals surface area contributed by atoms with Crippen molar-refractivity contribution in [2.75, 3.05) is 26.9 Å². The van der Waals surface area contributed by atoms with Gasteiger partial charge in [-0.2, -0.15) is 0 Å². The summed E-state index contributed by atoms with van der Waals surface area (Å²) in [6.07, 6.45) is 4.59. The van der Waals surface area contributed by atoms with Crippen molar-refractivity contribution in [2.45, 2.75) is 49.4 Å². The van der Waals surface area contributed by atoms with Gasteiger partial charge in [-0.15, -0.1) is 0 Å². The Morgan fingerprint density at radius 2 is 2.08 bits per heavy atom. The summed E-state index contributed by atoms with van der Waals surface area (Å²) in [5, 5.41) is 9.91. The predicted octanol–water partition coefficient (Wildman–Crippen LogP) is 2.18. The molecule has 2 aliphatic heterocycles. The van der Waals surface area contributed by atoms with Gasteiger partial charge in [0.1, 0.15) is 0 Å². The van der Waals surface area contributed by atoms with Crippen molar-refractivity contribution in [1.82, 2.24) is 0 Å². The van der Waals surface area contributed by atoms with Crippen LogP contribution in [0.2, 0.25) is 0 Å². The lowest BCUT2D eigenvalue weighted by atomic mass is 9.54. The second-order valence-corrected chi connectivity index (χ2v) is 7.43. The first-order valence-electron chi connectivity index (χ1n) is 9.01. The van der Waals surface area contributed by atoms with Crippen molar-refractivity contribution in [2.24, 2.45) is 5.92 Å². The molecule has 0 amide bonds. The Morgan fingerprint density at radius 3 is 2.83 bits per heavy atom. The molecule has 1 aromatic rings. The zero-order valence-electron chi connectivity index (χ0n) is 14.0. The van der Waals surface area contributed by atoms with Crippen LogP contribution in [0.15, 0.2) is 12.1 Å². The van der Waals surface area contributed by atoms with Gasteiger partial charge in [-0.05, 0) is 43.2 Å². The van der Waals surface area contributed by atoms with Gasteiger partial charge in [-0.3, -0.25) is 0 Å². The van der Waals surface area contributed by atoms with Gasteiger partial charge in [0.05, 0.1) is 20.3 Å². The molecule has 1 saturated carbocycles. The van der Waals surface area contributed by atoms with E-state index in [0.29, 0.717) is 25.6 Å². The maximum Gasteiger partial charge on any atom is 0.206 e. The van der Waals surface area contributed by atoms with E-state index in [9.17, 15) is 5.11 Å². The highest BCUT2D eigenvalue weighted by molar-refractivity contribution is 5.60. The topological polar surface area (TPSA) is 57.2 Å². The minimum absolute atomic E-state index is 0.141. The minimum atomic E-state index is -0.676. The first-order chi connectivity index (χ1) is 11.7. The second-order valence-electron chi connectivity index (χ2n) is 7.43. The monoisotopic (exact) mass is 332 g/mol. The maximum atomic E-state index is 9.91. The summed E-state index contributed by atoms with van der Waals surface area (Å²) >= 11 is 0. The Bertz CT molecular complexity index is 666. The second kappa shape index (κ2) is 5.10. The third kappa shape index (κ3) is 1.65. The van der Waals surface area contributed by atoms with Crippen LogP contribution in [0, 0.1) is 5.92 Å². The average Bonchev–Trinajstić information content (AvgIpc) is 3.20. The molecule has 5 heteroatoms. The van der Waals surface area contributed by atoms with Gasteiger partial charge >= 0.3 is 0 Å². The molecule has 0 unspecified atom stereocenters. The highest BCUT2D eigenvalue weighted by Gasteiger charge is 2.68. The number of ether oxygens (including phenoxy) is 4. The van der Waals surface area contributed by atoms with Gasteiger partial charge < -0.3 is 24.1 Å². The molecule has 2 fully saturated rings. The molecule has 0 aromatic heterocycles. The van der Waals surface area contributed by atoms with Crippen molar-refractivity contribution in [3.8, 4) is 11.5 Å². The number of benzene rings is 1. The third-order valence-corrected chi connectivity index (χ3v) is 6.63. The molecule has 4 aliphatic rings. The highest BCUT2D eigenvalue weighted by atomic mass is 16.8. The molecule has 3 atom stereocenters. The molecule has 2 heterocycles. The predicted molar refractivity (Wildman–Crippen MR) is 86.5 cm³/mol. The zero-order chi connectivity index (χ0) is 16.4. The van der Waals surface area contributed by atoms with Crippen LogP contribution in [0.5, 0.6) is 11.5 Å². The van der Waals surface area contributed by atoms with Crippen LogP contribution >= 0.6 is 0 Å². The Balaban J connectivity index is 1.75. The zero-order valence-corrected chi connectivity index (χ0v) is 14.0. The van der Waals surface area contributed by atoms with E-state index in [0.717, 1.165) is 37.2 Å². The number of hydrogen-bond acceptors (Lipinski definition) is 5. The summed E-state index contributed by atoms with van der Waals surface area (Å²) in [6.45, 7) is 1.36. The summed E-state index contributed by atoms with van der Waals surface area (Å²) in [7, 11) is 1.68. The molecule has 0 bridgehead atoms. The lowest BCUT2D eigenvalue weighted by Crippen LogP contribution is -2.63. The summed E-state index contributed by atoms with van der Waals surface area (Å²) < 4.78 is 24.3. The van der Waals surface area contributed by atoms with Gasteiger partial charge in [-0.25, -0.2) is 0 Å². The standard InChI is InChI=1S/C19H24O5/c1-21-14-5-3-12-2-4-13-6-7-19(22-10-11-23-19)17-18(13,8-9-20)15(12)16(14)24-17/h3,5,13,17,20H,2,4,6-11H2,1H3/t13-,17-,18+/m1/s1. The van der Waals surface area contributed by atoms with Crippen LogP contribution < -0.4 is 9.47 Å². The molecular weight excluding hydrogens is 308 g/mol. The van der Waals surface area contributed by atoms with Crippen molar-refractivity contribution in [3.05, 3.63) is 23.3 Å². The summed E-state index contributed by atoms with van der Waals surface area (Å²) in [4.78, 5) is 0. The lowest BCUT2D eigenvalue weighted by molar-refractivity contribution is -0.253. The largest absolute Gasteiger partial charge is 0.493 e. The fraction of sp³-hybridized carbons (Fsp3) is 0.684. The fourth-order valence-electron chi connectivity index (χ4n) is 5.76. The van der Waals surface area contributed by atoms with E-state index in [2.05, 4.69) is 6.07 Å². The first-order valence-corrected chi connectivity index (χ1v) is 9.01. The van der Waals surface area contributed by atoms with E-state index in [1.807, 2.05) is 6.07 Å². The molecule has 5 rings (SSSR count). The molecule has 1 N–H and O–H groups in total. The molecule has 1 spiro atoms. The van der Waals surface area contributed by atoms with E-state index >= 15 is 0 Å². The molecule has 5 nitrogen and oxygen atoms in total. The first kappa shape index (κ1) is 15.0. The van der Waals surface area contributed by atoms with Crippen LogP contribution in [0.25, 0.3) is 0 Å². The van der Waals surface area contributed by atoms with Crippen molar-refractivity contribution >= 4 is 0 Å². The molecule has 2 aliphatic carbocycles. The van der Waals surface area contributed by atoms with Gasteiger partial charge in [0.2, 0.25) is 5.79 Å². The molecule has 0 radical (unpaired) electrons. The van der Waals surface area contributed by atoms with Crippen LogP contribution in [-0.2, 0) is 21.3 Å². The fourth-order valence-corrected chi connectivity index (χ4v) is 5.76. The molecular formula is C19H24O5. The van der Waals surface area contributed by atoms with Crippen LogP contribution in [0.1, 0.15) is 36.8 Å². The number of rotatable bonds is 3.